The quantitative estimate of drug-likeness (QED) is 0.269. The topological polar surface area (TPSA) is 38.8 Å². The lowest BCUT2D eigenvalue weighted by molar-refractivity contribution is 0.104. The number of fused-ring (bicyclic) bond motifs is 1. The predicted molar refractivity (Wildman–Crippen MR) is 139 cm³/mol. The Labute approximate surface area is 204 Å². The van der Waals surface area contributed by atoms with Crippen LogP contribution < -0.4 is 9.47 Å². The number of nitrogens with zero attached hydrogens (tertiary/aromatic N) is 1. The van der Waals surface area contributed by atoms with Gasteiger partial charge in [-0.2, -0.15) is 0 Å². The first-order valence-electron chi connectivity index (χ1n) is 11.9. The van der Waals surface area contributed by atoms with Crippen molar-refractivity contribution in [2.75, 3.05) is 33.4 Å². The third-order valence-corrected chi connectivity index (χ3v) is 7.45. The molecular weight excluding hydrogens is 442 g/mol. The smallest absolute Gasteiger partial charge is 0.195 e. The molecule has 0 saturated carbocycles. The Morgan fingerprint density at radius 2 is 1.68 bits per heavy atom. The number of hydrogen-bond acceptors (Lipinski definition) is 5. The van der Waals surface area contributed by atoms with Crippen LogP contribution in [0.3, 0.4) is 0 Å². The van der Waals surface area contributed by atoms with Crippen molar-refractivity contribution in [1.29, 1.82) is 0 Å². The molecule has 174 valence electrons. The van der Waals surface area contributed by atoms with Gasteiger partial charge in [-0.3, -0.25) is 9.69 Å². The van der Waals surface area contributed by atoms with E-state index in [2.05, 4.69) is 11.0 Å². The number of carbonyl (C=O) groups is 1. The average molecular weight is 472 g/mol. The molecule has 0 amide bonds. The molecule has 0 unspecified atom stereocenters. The van der Waals surface area contributed by atoms with E-state index in [1.54, 1.807) is 18.4 Å². The maximum atomic E-state index is 13.7. The van der Waals surface area contributed by atoms with E-state index in [1.807, 2.05) is 66.0 Å². The Hall–Kier alpha value is -3.15. The lowest BCUT2D eigenvalue weighted by atomic mass is 9.93. The zero-order valence-electron chi connectivity index (χ0n) is 19.5. The fraction of sp³-hybridized carbons (Fsp3) is 0.276. The first-order valence-corrected chi connectivity index (χ1v) is 12.8. The largest absolute Gasteiger partial charge is 0.497 e. The van der Waals surface area contributed by atoms with Crippen molar-refractivity contribution in [3.8, 4) is 22.6 Å². The number of likely N-dealkylation sites (tertiary alicyclic amines) is 1. The highest BCUT2D eigenvalue weighted by Crippen LogP contribution is 2.34. The van der Waals surface area contributed by atoms with Crippen molar-refractivity contribution in [2.45, 2.75) is 19.3 Å². The number of rotatable bonds is 8. The molecule has 0 N–H and O–H groups in total. The highest BCUT2D eigenvalue weighted by molar-refractivity contribution is 7.17. The monoisotopic (exact) mass is 471 g/mol. The van der Waals surface area contributed by atoms with Gasteiger partial charge in [-0.1, -0.05) is 36.8 Å². The van der Waals surface area contributed by atoms with Gasteiger partial charge in [-0.15, -0.1) is 11.3 Å². The molecule has 1 aromatic heterocycles. The molecule has 4 aromatic rings. The van der Waals surface area contributed by atoms with Gasteiger partial charge in [-0.05, 0) is 73.5 Å². The summed E-state index contributed by atoms with van der Waals surface area (Å²) in [5.74, 6) is 1.60. The molecular formula is C29H29NO3S. The van der Waals surface area contributed by atoms with Crippen molar-refractivity contribution in [2.24, 2.45) is 0 Å². The van der Waals surface area contributed by atoms with E-state index in [0.29, 0.717) is 12.2 Å². The van der Waals surface area contributed by atoms with Crippen LogP contribution in [0.2, 0.25) is 0 Å². The normalized spacial score (nSPS) is 14.3. The van der Waals surface area contributed by atoms with Gasteiger partial charge >= 0.3 is 0 Å². The summed E-state index contributed by atoms with van der Waals surface area (Å²) in [5.41, 5.74) is 3.26. The van der Waals surface area contributed by atoms with Crippen LogP contribution in [-0.4, -0.2) is 44.0 Å². The average Bonchev–Trinajstić information content (AvgIpc) is 3.33. The highest BCUT2D eigenvalue weighted by atomic mass is 32.1. The Balaban J connectivity index is 1.45. The van der Waals surface area contributed by atoms with Crippen LogP contribution >= 0.6 is 11.3 Å². The van der Waals surface area contributed by atoms with Crippen LogP contribution in [0.5, 0.6) is 11.5 Å². The van der Waals surface area contributed by atoms with Crippen molar-refractivity contribution >= 4 is 27.2 Å². The zero-order valence-corrected chi connectivity index (χ0v) is 20.3. The lowest BCUT2D eigenvalue weighted by Crippen LogP contribution is -2.33. The first-order chi connectivity index (χ1) is 16.7. The molecule has 5 heteroatoms. The molecule has 34 heavy (non-hydrogen) atoms. The van der Waals surface area contributed by atoms with Crippen LogP contribution in [0.15, 0.2) is 72.1 Å². The Morgan fingerprint density at radius 3 is 2.47 bits per heavy atom. The van der Waals surface area contributed by atoms with E-state index in [-0.39, 0.29) is 5.78 Å². The van der Waals surface area contributed by atoms with Gasteiger partial charge in [0.2, 0.25) is 0 Å². The molecule has 2 heterocycles. The molecule has 3 aromatic carbocycles. The second-order valence-corrected chi connectivity index (χ2v) is 9.57. The number of ether oxygens (including phenoxy) is 2. The SMILES string of the molecule is COc1ccc(-c2cc(OCCN3CCCCC3)ccc2C(=O)c2csc3ccccc23)cc1. The molecule has 0 aliphatic carbocycles. The van der Waals surface area contributed by atoms with Crippen molar-refractivity contribution in [1.82, 2.24) is 4.90 Å². The van der Waals surface area contributed by atoms with E-state index < -0.39 is 0 Å². The minimum atomic E-state index is 0.0307. The van der Waals surface area contributed by atoms with Gasteiger partial charge in [0.1, 0.15) is 18.1 Å². The van der Waals surface area contributed by atoms with Crippen molar-refractivity contribution in [3.63, 3.8) is 0 Å². The molecule has 1 aliphatic rings. The fourth-order valence-electron chi connectivity index (χ4n) is 4.59. The number of carbonyl (C=O) groups excluding carboxylic acids is 1. The van der Waals surface area contributed by atoms with Crippen molar-refractivity contribution < 1.29 is 14.3 Å². The molecule has 1 aliphatic heterocycles. The summed E-state index contributed by atoms with van der Waals surface area (Å²) in [6.45, 7) is 3.88. The standard InChI is InChI=1S/C29H29NO3S/c1-32-22-11-9-21(10-12-22)26-19-23(33-18-17-30-15-5-2-6-16-30)13-14-25(26)29(31)27-20-34-28-8-4-3-7-24(27)28/h3-4,7-14,19-20H,2,5-6,15-18H2,1H3. The summed E-state index contributed by atoms with van der Waals surface area (Å²) < 4.78 is 12.6. The molecule has 0 atom stereocenters. The summed E-state index contributed by atoms with van der Waals surface area (Å²) >= 11 is 1.60. The fourth-order valence-corrected chi connectivity index (χ4v) is 5.54. The zero-order chi connectivity index (χ0) is 23.3. The van der Waals surface area contributed by atoms with Crippen LogP contribution in [0.25, 0.3) is 21.2 Å². The molecule has 1 fully saturated rings. The van der Waals surface area contributed by atoms with E-state index in [0.717, 1.165) is 57.9 Å². The molecule has 5 rings (SSSR count). The molecule has 4 nitrogen and oxygen atoms in total. The minimum absolute atomic E-state index is 0.0307. The summed E-state index contributed by atoms with van der Waals surface area (Å²) in [7, 11) is 1.66. The summed E-state index contributed by atoms with van der Waals surface area (Å²) in [6, 6.07) is 21.7. The van der Waals surface area contributed by atoms with Crippen LogP contribution in [-0.2, 0) is 0 Å². The van der Waals surface area contributed by atoms with Crippen LogP contribution in [0, 0.1) is 0 Å². The van der Waals surface area contributed by atoms with E-state index in [1.165, 1.54) is 19.3 Å². The highest BCUT2D eigenvalue weighted by Gasteiger charge is 2.19. The van der Waals surface area contributed by atoms with Gasteiger partial charge < -0.3 is 9.47 Å². The number of methoxy groups -OCH3 is 1. The Bertz CT molecular complexity index is 1270. The van der Waals surface area contributed by atoms with Crippen molar-refractivity contribution in [3.05, 3.63) is 83.2 Å². The molecule has 0 spiro atoms. The van der Waals surface area contributed by atoms with Crippen LogP contribution in [0.1, 0.15) is 35.2 Å². The maximum absolute atomic E-state index is 13.7. The number of ketones is 1. The van der Waals surface area contributed by atoms with Gasteiger partial charge in [-0.25, -0.2) is 0 Å². The second-order valence-electron chi connectivity index (χ2n) is 8.66. The van der Waals surface area contributed by atoms with E-state index >= 15 is 0 Å². The van der Waals surface area contributed by atoms with Gasteiger partial charge in [0.15, 0.2) is 5.78 Å². The number of thiophene rings is 1. The van der Waals surface area contributed by atoms with Crippen LogP contribution in [0.4, 0.5) is 0 Å². The lowest BCUT2D eigenvalue weighted by Gasteiger charge is -2.26. The molecule has 0 bridgehead atoms. The summed E-state index contributed by atoms with van der Waals surface area (Å²) in [6.07, 6.45) is 3.88. The van der Waals surface area contributed by atoms with Gasteiger partial charge in [0.05, 0.1) is 7.11 Å². The molecule has 0 radical (unpaired) electrons. The Kier molecular flexibility index (Phi) is 6.93. The van der Waals surface area contributed by atoms with E-state index in [4.69, 9.17) is 9.47 Å². The molecule has 1 saturated heterocycles. The maximum Gasteiger partial charge on any atom is 0.195 e. The number of hydrogen-bond donors (Lipinski definition) is 0. The first kappa shape index (κ1) is 22.6. The third-order valence-electron chi connectivity index (χ3n) is 6.49. The van der Waals surface area contributed by atoms with Gasteiger partial charge in [0, 0.05) is 33.1 Å². The summed E-state index contributed by atoms with van der Waals surface area (Å²) in [4.78, 5) is 16.2. The van der Waals surface area contributed by atoms with Gasteiger partial charge in [0.25, 0.3) is 0 Å². The third kappa shape index (κ3) is 4.86. The Morgan fingerprint density at radius 1 is 0.912 bits per heavy atom. The van der Waals surface area contributed by atoms with E-state index in [9.17, 15) is 4.79 Å². The number of piperidine rings is 1. The minimum Gasteiger partial charge on any atom is -0.497 e. The summed E-state index contributed by atoms with van der Waals surface area (Å²) in [5, 5.41) is 2.97. The predicted octanol–water partition coefficient (Wildman–Crippen LogP) is 6.67. The second kappa shape index (κ2) is 10.4. The number of benzene rings is 3.